The Morgan fingerprint density at radius 3 is 2.84 bits per heavy atom. The predicted molar refractivity (Wildman–Crippen MR) is 67.8 cm³/mol. The molecule has 19 heavy (non-hydrogen) atoms. The monoisotopic (exact) mass is 262 g/mol. The van der Waals surface area contributed by atoms with Crippen LogP contribution >= 0.6 is 0 Å². The fourth-order valence-corrected chi connectivity index (χ4v) is 2.79. The first-order valence-corrected chi connectivity index (χ1v) is 6.33. The van der Waals surface area contributed by atoms with Crippen LogP contribution in [-0.4, -0.2) is 46.4 Å². The molecule has 0 spiro atoms. The molecule has 0 bridgehead atoms. The first kappa shape index (κ1) is 12.0. The SMILES string of the molecule is O=C1C2CCCN2CCN1c1ccc([N+](=O)[O-])nc1. The van der Waals surface area contributed by atoms with Crippen LogP contribution in [0.4, 0.5) is 11.5 Å². The molecule has 2 aliphatic heterocycles. The molecule has 2 fully saturated rings. The first-order valence-electron chi connectivity index (χ1n) is 6.33. The number of anilines is 1. The second kappa shape index (κ2) is 4.58. The van der Waals surface area contributed by atoms with Crippen molar-refractivity contribution in [1.82, 2.24) is 9.88 Å². The van der Waals surface area contributed by atoms with E-state index in [9.17, 15) is 14.9 Å². The number of fused-ring (bicyclic) bond motifs is 1. The van der Waals surface area contributed by atoms with E-state index in [-0.39, 0.29) is 17.8 Å². The van der Waals surface area contributed by atoms with E-state index in [0.29, 0.717) is 12.2 Å². The molecule has 0 N–H and O–H groups in total. The molecular formula is C12H14N4O3. The summed E-state index contributed by atoms with van der Waals surface area (Å²) in [5, 5.41) is 10.6. The van der Waals surface area contributed by atoms with Gasteiger partial charge in [-0.1, -0.05) is 0 Å². The van der Waals surface area contributed by atoms with Gasteiger partial charge in [-0.25, -0.2) is 0 Å². The molecule has 100 valence electrons. The number of hydrogen-bond acceptors (Lipinski definition) is 5. The van der Waals surface area contributed by atoms with Crippen LogP contribution in [0.15, 0.2) is 18.3 Å². The smallest absolute Gasteiger partial charge is 0.358 e. The minimum Gasteiger partial charge on any atom is -0.358 e. The number of carbonyl (C=O) groups is 1. The maximum absolute atomic E-state index is 12.3. The Morgan fingerprint density at radius 1 is 1.32 bits per heavy atom. The molecule has 3 rings (SSSR count). The third kappa shape index (κ3) is 2.06. The quantitative estimate of drug-likeness (QED) is 0.582. The number of aromatic nitrogens is 1. The van der Waals surface area contributed by atoms with Crippen molar-refractivity contribution in [3.05, 3.63) is 28.4 Å². The standard InChI is InChI=1S/C12H14N4O3/c17-12-10-2-1-5-14(10)6-7-15(12)9-3-4-11(13-8-9)16(18)19/h3-4,8,10H,1-2,5-7H2. The molecule has 7 heteroatoms. The van der Waals surface area contributed by atoms with E-state index in [4.69, 9.17) is 0 Å². The minimum absolute atomic E-state index is 0.0241. The Balaban J connectivity index is 1.82. The van der Waals surface area contributed by atoms with E-state index >= 15 is 0 Å². The number of nitro groups is 1. The van der Waals surface area contributed by atoms with E-state index in [0.717, 1.165) is 25.9 Å². The average Bonchev–Trinajstić information content (AvgIpc) is 2.88. The van der Waals surface area contributed by atoms with Crippen molar-refractivity contribution < 1.29 is 9.72 Å². The van der Waals surface area contributed by atoms with Crippen LogP contribution in [0.5, 0.6) is 0 Å². The van der Waals surface area contributed by atoms with E-state index in [2.05, 4.69) is 9.88 Å². The number of pyridine rings is 1. The average molecular weight is 262 g/mol. The Bertz CT molecular complexity index is 516. The summed E-state index contributed by atoms with van der Waals surface area (Å²) in [5.41, 5.74) is 0.641. The summed E-state index contributed by atoms with van der Waals surface area (Å²) in [4.78, 5) is 30.0. The van der Waals surface area contributed by atoms with Crippen LogP contribution in [0, 0.1) is 10.1 Å². The van der Waals surface area contributed by atoms with Crippen LogP contribution in [0.1, 0.15) is 12.8 Å². The minimum atomic E-state index is -0.541. The van der Waals surface area contributed by atoms with E-state index in [1.165, 1.54) is 12.3 Å². The van der Waals surface area contributed by atoms with Gasteiger partial charge in [-0.05, 0) is 35.4 Å². The van der Waals surface area contributed by atoms with Crippen LogP contribution in [0.25, 0.3) is 0 Å². The summed E-state index contributed by atoms with van der Waals surface area (Å²) >= 11 is 0. The highest BCUT2D eigenvalue weighted by Crippen LogP contribution is 2.26. The van der Waals surface area contributed by atoms with Crippen molar-refractivity contribution in [3.8, 4) is 0 Å². The zero-order valence-electron chi connectivity index (χ0n) is 10.4. The highest BCUT2D eigenvalue weighted by atomic mass is 16.6. The number of rotatable bonds is 2. The molecule has 1 aromatic heterocycles. The zero-order valence-corrected chi connectivity index (χ0v) is 10.4. The molecule has 7 nitrogen and oxygen atoms in total. The normalized spacial score (nSPS) is 23.5. The van der Waals surface area contributed by atoms with Gasteiger partial charge in [0.1, 0.15) is 0 Å². The van der Waals surface area contributed by atoms with Gasteiger partial charge in [0, 0.05) is 19.2 Å². The molecule has 1 amide bonds. The van der Waals surface area contributed by atoms with Crippen molar-refractivity contribution in [1.29, 1.82) is 0 Å². The van der Waals surface area contributed by atoms with Gasteiger partial charge in [0.2, 0.25) is 5.91 Å². The van der Waals surface area contributed by atoms with Gasteiger partial charge in [0.15, 0.2) is 6.20 Å². The van der Waals surface area contributed by atoms with Crippen molar-refractivity contribution in [2.24, 2.45) is 0 Å². The van der Waals surface area contributed by atoms with E-state index < -0.39 is 4.92 Å². The number of hydrogen-bond donors (Lipinski definition) is 0. The molecule has 2 saturated heterocycles. The number of amides is 1. The predicted octanol–water partition coefficient (Wildman–Crippen LogP) is 0.801. The lowest BCUT2D eigenvalue weighted by Crippen LogP contribution is -2.54. The molecule has 1 atom stereocenters. The Labute approximate surface area is 110 Å². The van der Waals surface area contributed by atoms with Gasteiger partial charge in [-0.2, -0.15) is 0 Å². The fraction of sp³-hybridized carbons (Fsp3) is 0.500. The summed E-state index contributed by atoms with van der Waals surface area (Å²) in [7, 11) is 0. The van der Waals surface area contributed by atoms with Crippen molar-refractivity contribution >= 4 is 17.4 Å². The van der Waals surface area contributed by atoms with E-state index in [1.807, 2.05) is 0 Å². The third-order valence-electron chi connectivity index (χ3n) is 3.76. The maximum atomic E-state index is 12.3. The lowest BCUT2D eigenvalue weighted by atomic mass is 10.1. The summed E-state index contributed by atoms with van der Waals surface area (Å²) < 4.78 is 0. The van der Waals surface area contributed by atoms with Gasteiger partial charge in [0.05, 0.1) is 11.7 Å². The Hall–Kier alpha value is -2.02. The van der Waals surface area contributed by atoms with Crippen LogP contribution in [0.3, 0.4) is 0 Å². The number of piperazine rings is 1. The van der Waals surface area contributed by atoms with Crippen LogP contribution in [0.2, 0.25) is 0 Å². The molecule has 0 aliphatic carbocycles. The van der Waals surface area contributed by atoms with Crippen molar-refractivity contribution in [3.63, 3.8) is 0 Å². The highest BCUT2D eigenvalue weighted by Gasteiger charge is 2.38. The summed E-state index contributed by atoms with van der Waals surface area (Å²) in [5.74, 6) is -0.116. The number of nitrogens with zero attached hydrogens (tertiary/aromatic N) is 4. The van der Waals surface area contributed by atoms with Crippen LogP contribution in [-0.2, 0) is 4.79 Å². The molecule has 3 heterocycles. The van der Waals surface area contributed by atoms with Gasteiger partial charge in [-0.3, -0.25) is 9.69 Å². The largest absolute Gasteiger partial charge is 0.363 e. The number of carbonyl (C=O) groups excluding carboxylic acids is 1. The molecule has 1 aromatic rings. The highest BCUT2D eigenvalue weighted by molar-refractivity contribution is 5.98. The second-order valence-electron chi connectivity index (χ2n) is 4.82. The lowest BCUT2D eigenvalue weighted by Gasteiger charge is -2.36. The summed E-state index contributed by atoms with van der Waals surface area (Å²) in [6.45, 7) is 2.46. The molecule has 0 aromatic carbocycles. The molecular weight excluding hydrogens is 248 g/mol. The van der Waals surface area contributed by atoms with Gasteiger partial charge >= 0.3 is 5.82 Å². The molecule has 1 unspecified atom stereocenters. The van der Waals surface area contributed by atoms with E-state index in [1.54, 1.807) is 11.0 Å². The van der Waals surface area contributed by atoms with Crippen molar-refractivity contribution in [2.75, 3.05) is 24.5 Å². The maximum Gasteiger partial charge on any atom is 0.363 e. The molecule has 0 radical (unpaired) electrons. The van der Waals surface area contributed by atoms with Gasteiger partial charge in [0.25, 0.3) is 0 Å². The fourth-order valence-electron chi connectivity index (χ4n) is 2.79. The topological polar surface area (TPSA) is 79.6 Å². The molecule has 0 saturated carbocycles. The second-order valence-corrected chi connectivity index (χ2v) is 4.82. The lowest BCUT2D eigenvalue weighted by molar-refractivity contribution is -0.389. The Kier molecular flexibility index (Phi) is 2.90. The Morgan fingerprint density at radius 2 is 2.16 bits per heavy atom. The van der Waals surface area contributed by atoms with Gasteiger partial charge in [-0.15, -0.1) is 0 Å². The van der Waals surface area contributed by atoms with Crippen LogP contribution < -0.4 is 4.90 Å². The summed E-state index contributed by atoms with van der Waals surface area (Å²) in [6, 6.07) is 2.90. The molecule has 2 aliphatic rings. The van der Waals surface area contributed by atoms with Crippen molar-refractivity contribution in [2.45, 2.75) is 18.9 Å². The first-order chi connectivity index (χ1) is 9.16. The third-order valence-corrected chi connectivity index (χ3v) is 3.76. The van der Waals surface area contributed by atoms with Gasteiger partial charge < -0.3 is 15.0 Å². The summed E-state index contributed by atoms with van der Waals surface area (Å²) in [6.07, 6.45) is 3.36. The zero-order chi connectivity index (χ0) is 13.4.